The Hall–Kier alpha value is -4.52. The molecule has 5 nitrogen and oxygen atoms in total. The summed E-state index contributed by atoms with van der Waals surface area (Å²) in [6.07, 6.45) is 8.38. The van der Waals surface area contributed by atoms with E-state index in [9.17, 15) is 13.0 Å². The van der Waals surface area contributed by atoms with E-state index in [2.05, 4.69) is 84.7 Å². The fraction of sp³-hybridized carbons (Fsp3) is 0.114. The zero-order valence-corrected chi connectivity index (χ0v) is 23.7. The van der Waals surface area contributed by atoms with Crippen LogP contribution in [0.1, 0.15) is 29.2 Å². The molecule has 0 heterocycles. The molecule has 206 valence electrons. The second-order valence-corrected chi connectivity index (χ2v) is 11.2. The highest BCUT2D eigenvalue weighted by Gasteiger charge is 2.14. The first-order chi connectivity index (χ1) is 19.9. The van der Waals surface area contributed by atoms with Crippen LogP contribution in [0.4, 0.5) is 5.69 Å². The van der Waals surface area contributed by atoms with Crippen molar-refractivity contribution < 1.29 is 13.0 Å². The summed E-state index contributed by atoms with van der Waals surface area (Å²) in [7, 11) is -4.25. The van der Waals surface area contributed by atoms with Crippen LogP contribution < -0.4 is 4.90 Å². The summed E-state index contributed by atoms with van der Waals surface area (Å²) >= 11 is 0. The molecule has 0 fully saturated rings. The van der Waals surface area contributed by atoms with Gasteiger partial charge in [0.05, 0.1) is 17.2 Å². The van der Waals surface area contributed by atoms with Gasteiger partial charge in [-0.3, -0.25) is 9.55 Å². The van der Waals surface area contributed by atoms with E-state index in [0.717, 1.165) is 45.8 Å². The average molecular weight is 561 g/mol. The Balaban J connectivity index is 1.41. The smallest absolute Gasteiger partial charge is 0.294 e. The number of benzene rings is 4. The van der Waals surface area contributed by atoms with E-state index in [1.807, 2.05) is 42.5 Å². The summed E-state index contributed by atoms with van der Waals surface area (Å²) < 4.78 is 32.6. The van der Waals surface area contributed by atoms with Gasteiger partial charge < -0.3 is 4.90 Å². The number of aliphatic imine (C=N–C) groups is 1. The Labute approximate surface area is 242 Å². The highest BCUT2D eigenvalue weighted by molar-refractivity contribution is 7.85. The van der Waals surface area contributed by atoms with E-state index in [1.54, 1.807) is 6.07 Å². The lowest BCUT2D eigenvalue weighted by atomic mass is 9.90. The molecular weight excluding hydrogens is 528 g/mol. The van der Waals surface area contributed by atoms with Crippen molar-refractivity contribution in [3.05, 3.63) is 161 Å². The Bertz CT molecular complexity index is 1700. The quantitative estimate of drug-likeness (QED) is 0.215. The molecule has 0 saturated heterocycles. The molecule has 1 N–H and O–H groups in total. The van der Waals surface area contributed by atoms with E-state index >= 15 is 0 Å². The van der Waals surface area contributed by atoms with E-state index in [4.69, 9.17) is 4.99 Å². The van der Waals surface area contributed by atoms with Gasteiger partial charge in [-0.05, 0) is 76.7 Å². The molecular formula is C35H32N2O3S. The van der Waals surface area contributed by atoms with Crippen LogP contribution >= 0.6 is 0 Å². The molecule has 1 aliphatic rings. The molecule has 0 radical (unpaired) electrons. The third kappa shape index (κ3) is 7.17. The Kier molecular flexibility index (Phi) is 8.73. The molecule has 0 bridgehead atoms. The standard InChI is InChI=1S/C35H32N2O3S/c1-2-37(26-28-12-9-15-34(24-28)41(38,39)40)33-22-18-31(19-23-33)35(29-13-7-4-8-14-29)30-16-20-32(21-17-30)36-25-27-10-5-3-6-11-27/h3-24H,2,25-26H2,1H3,(H,38,39,40). The van der Waals surface area contributed by atoms with Crippen molar-refractivity contribution in [3.8, 4) is 0 Å². The number of nitrogens with zero attached hydrogens (tertiary/aromatic N) is 2. The first kappa shape index (κ1) is 28.0. The van der Waals surface area contributed by atoms with Gasteiger partial charge in [0.2, 0.25) is 0 Å². The molecule has 0 aliphatic heterocycles. The maximum atomic E-state index is 11.6. The Morgan fingerprint density at radius 1 is 0.732 bits per heavy atom. The predicted molar refractivity (Wildman–Crippen MR) is 168 cm³/mol. The Morgan fingerprint density at radius 3 is 1.98 bits per heavy atom. The molecule has 0 saturated carbocycles. The second kappa shape index (κ2) is 12.8. The fourth-order valence-corrected chi connectivity index (χ4v) is 5.40. The topological polar surface area (TPSA) is 70.0 Å². The lowest BCUT2D eigenvalue weighted by Gasteiger charge is -2.24. The monoisotopic (exact) mass is 560 g/mol. The van der Waals surface area contributed by atoms with Crippen LogP contribution in [0.15, 0.2) is 149 Å². The van der Waals surface area contributed by atoms with Crippen molar-refractivity contribution in [2.75, 3.05) is 11.4 Å². The fourth-order valence-electron chi connectivity index (χ4n) is 4.85. The average Bonchev–Trinajstić information content (AvgIpc) is 3.01. The van der Waals surface area contributed by atoms with Gasteiger partial charge in [0, 0.05) is 18.8 Å². The molecule has 0 atom stereocenters. The van der Waals surface area contributed by atoms with Gasteiger partial charge in [0.15, 0.2) is 0 Å². The molecule has 4 aromatic rings. The van der Waals surface area contributed by atoms with E-state index in [-0.39, 0.29) is 4.90 Å². The van der Waals surface area contributed by atoms with Crippen molar-refractivity contribution in [2.24, 2.45) is 4.99 Å². The van der Waals surface area contributed by atoms with Crippen LogP contribution in [0.3, 0.4) is 0 Å². The molecule has 1 aliphatic carbocycles. The van der Waals surface area contributed by atoms with Crippen molar-refractivity contribution >= 4 is 27.1 Å². The molecule has 0 unspecified atom stereocenters. The van der Waals surface area contributed by atoms with Crippen LogP contribution in [-0.4, -0.2) is 25.2 Å². The Morgan fingerprint density at radius 2 is 1.34 bits per heavy atom. The van der Waals surface area contributed by atoms with Crippen LogP contribution in [-0.2, 0) is 23.2 Å². The third-order valence-electron chi connectivity index (χ3n) is 6.98. The summed E-state index contributed by atoms with van der Waals surface area (Å²) in [5.41, 5.74) is 8.42. The highest BCUT2D eigenvalue weighted by Crippen LogP contribution is 2.31. The minimum atomic E-state index is -4.25. The molecule has 5 rings (SSSR count). The van der Waals surface area contributed by atoms with Gasteiger partial charge in [-0.1, -0.05) is 97.1 Å². The normalized spacial score (nSPS) is 12.8. The first-order valence-corrected chi connectivity index (χ1v) is 15.0. The van der Waals surface area contributed by atoms with Crippen LogP contribution in [0.25, 0.3) is 5.57 Å². The van der Waals surface area contributed by atoms with Gasteiger partial charge >= 0.3 is 0 Å². The minimum Gasteiger partial charge on any atom is -0.367 e. The molecule has 4 aromatic carbocycles. The van der Waals surface area contributed by atoms with E-state index in [0.29, 0.717) is 13.1 Å². The van der Waals surface area contributed by atoms with Crippen molar-refractivity contribution in [1.29, 1.82) is 0 Å². The van der Waals surface area contributed by atoms with Crippen LogP contribution in [0.5, 0.6) is 0 Å². The van der Waals surface area contributed by atoms with Gasteiger partial charge in [-0.15, -0.1) is 0 Å². The molecule has 0 aromatic heterocycles. The lowest BCUT2D eigenvalue weighted by Crippen LogP contribution is -2.22. The number of rotatable bonds is 9. The maximum absolute atomic E-state index is 11.6. The molecule has 0 amide bonds. The zero-order valence-electron chi connectivity index (χ0n) is 22.9. The van der Waals surface area contributed by atoms with Crippen molar-refractivity contribution in [3.63, 3.8) is 0 Å². The maximum Gasteiger partial charge on any atom is 0.294 e. The zero-order chi connectivity index (χ0) is 28.7. The predicted octanol–water partition coefficient (Wildman–Crippen LogP) is 7.53. The van der Waals surface area contributed by atoms with E-state index in [1.165, 1.54) is 17.7 Å². The number of hydrogen-bond acceptors (Lipinski definition) is 4. The van der Waals surface area contributed by atoms with Crippen LogP contribution in [0, 0.1) is 0 Å². The van der Waals surface area contributed by atoms with Gasteiger partial charge in [-0.25, -0.2) is 0 Å². The molecule has 0 spiro atoms. The summed E-state index contributed by atoms with van der Waals surface area (Å²) in [6.45, 7) is 3.96. The SMILES string of the molecule is CCN(Cc1cccc(S(=O)(=O)O)c1)c1ccc(C(=C2C=CC(=NCc3ccccc3)C=C2)c2ccccc2)cc1. The highest BCUT2D eigenvalue weighted by atomic mass is 32.2. The summed E-state index contributed by atoms with van der Waals surface area (Å²) in [5, 5.41) is 0. The first-order valence-electron chi connectivity index (χ1n) is 13.6. The number of hydrogen-bond donors (Lipinski definition) is 1. The van der Waals surface area contributed by atoms with Gasteiger partial charge in [0.25, 0.3) is 10.1 Å². The largest absolute Gasteiger partial charge is 0.367 e. The third-order valence-corrected chi connectivity index (χ3v) is 7.83. The van der Waals surface area contributed by atoms with Gasteiger partial charge in [-0.2, -0.15) is 8.42 Å². The minimum absolute atomic E-state index is 0.0950. The van der Waals surface area contributed by atoms with Gasteiger partial charge in [0.1, 0.15) is 0 Å². The summed E-state index contributed by atoms with van der Waals surface area (Å²) in [4.78, 5) is 6.82. The number of anilines is 1. The van der Waals surface area contributed by atoms with Crippen molar-refractivity contribution in [2.45, 2.75) is 24.9 Å². The summed E-state index contributed by atoms with van der Waals surface area (Å²) in [5.74, 6) is 0. The van der Waals surface area contributed by atoms with E-state index < -0.39 is 10.1 Å². The van der Waals surface area contributed by atoms with Crippen molar-refractivity contribution in [1.82, 2.24) is 0 Å². The molecule has 6 heteroatoms. The summed E-state index contributed by atoms with van der Waals surface area (Å²) in [6, 6.07) is 35.5. The lowest BCUT2D eigenvalue weighted by molar-refractivity contribution is 0.483. The second-order valence-electron chi connectivity index (χ2n) is 9.77. The number of allylic oxidation sites excluding steroid dienone is 5. The molecule has 41 heavy (non-hydrogen) atoms. The van der Waals surface area contributed by atoms with Crippen LogP contribution in [0.2, 0.25) is 0 Å².